The van der Waals surface area contributed by atoms with E-state index in [9.17, 15) is 4.79 Å². The molecule has 0 spiro atoms. The number of carbonyl (C=O) groups is 1. The molecule has 1 saturated carbocycles. The fraction of sp³-hybridized carbons (Fsp3) is 0.533. The molecule has 0 saturated heterocycles. The van der Waals surface area contributed by atoms with Crippen molar-refractivity contribution in [1.82, 2.24) is 0 Å². The fourth-order valence-corrected chi connectivity index (χ4v) is 3.11. The highest BCUT2D eigenvalue weighted by molar-refractivity contribution is 6.33. The van der Waals surface area contributed by atoms with Crippen LogP contribution >= 0.6 is 23.2 Å². The highest BCUT2D eigenvalue weighted by Crippen LogP contribution is 2.30. The van der Waals surface area contributed by atoms with Crippen LogP contribution in [-0.4, -0.2) is 12.3 Å². The van der Waals surface area contributed by atoms with Crippen LogP contribution < -0.4 is 5.73 Å². The maximum atomic E-state index is 12.3. The summed E-state index contributed by atoms with van der Waals surface area (Å²) in [5.74, 6) is 1.04. The standard InChI is InChI=1S/C15H19Cl2NO/c16-13-5-6-14(17)12(7-13)8-15(19)11-3-1-10(9-18)2-4-11/h5-7,10-11H,1-4,8-9,18H2. The first-order valence-electron chi connectivity index (χ1n) is 6.77. The Bertz CT molecular complexity index is 453. The van der Waals surface area contributed by atoms with Crippen LogP contribution in [0.5, 0.6) is 0 Å². The van der Waals surface area contributed by atoms with Crippen molar-refractivity contribution in [3.05, 3.63) is 33.8 Å². The third-order valence-corrected chi connectivity index (χ3v) is 4.61. The first kappa shape index (κ1) is 14.8. The first-order valence-corrected chi connectivity index (χ1v) is 7.52. The molecule has 4 heteroatoms. The van der Waals surface area contributed by atoms with Crippen molar-refractivity contribution in [3.8, 4) is 0 Å². The van der Waals surface area contributed by atoms with Gasteiger partial charge in [0.2, 0.25) is 0 Å². The largest absolute Gasteiger partial charge is 0.330 e. The highest BCUT2D eigenvalue weighted by atomic mass is 35.5. The van der Waals surface area contributed by atoms with Crippen LogP contribution in [0.25, 0.3) is 0 Å². The van der Waals surface area contributed by atoms with Gasteiger partial charge in [-0.1, -0.05) is 23.2 Å². The van der Waals surface area contributed by atoms with Crippen LogP contribution in [0.1, 0.15) is 31.2 Å². The van der Waals surface area contributed by atoms with Gasteiger partial charge in [0.1, 0.15) is 5.78 Å². The van der Waals surface area contributed by atoms with E-state index < -0.39 is 0 Å². The number of hydrogen-bond acceptors (Lipinski definition) is 2. The van der Waals surface area contributed by atoms with Crippen LogP contribution in [0.15, 0.2) is 18.2 Å². The van der Waals surface area contributed by atoms with Gasteiger partial charge in [-0.3, -0.25) is 4.79 Å². The molecule has 104 valence electrons. The quantitative estimate of drug-likeness (QED) is 0.917. The van der Waals surface area contributed by atoms with E-state index in [2.05, 4.69) is 0 Å². The Kier molecular flexibility index (Phi) is 5.26. The second-order valence-electron chi connectivity index (χ2n) is 5.33. The van der Waals surface area contributed by atoms with Gasteiger partial charge in [0.05, 0.1) is 0 Å². The molecule has 1 fully saturated rings. The van der Waals surface area contributed by atoms with E-state index >= 15 is 0 Å². The van der Waals surface area contributed by atoms with Crippen molar-refractivity contribution in [3.63, 3.8) is 0 Å². The summed E-state index contributed by atoms with van der Waals surface area (Å²) in [5.41, 5.74) is 6.50. The summed E-state index contributed by atoms with van der Waals surface area (Å²) in [7, 11) is 0. The Morgan fingerprint density at radius 1 is 1.21 bits per heavy atom. The van der Waals surface area contributed by atoms with Crippen LogP contribution in [0, 0.1) is 11.8 Å². The van der Waals surface area contributed by atoms with Crippen molar-refractivity contribution in [2.24, 2.45) is 17.6 Å². The van der Waals surface area contributed by atoms with Crippen LogP contribution in [0.3, 0.4) is 0 Å². The Morgan fingerprint density at radius 2 is 1.89 bits per heavy atom. The second-order valence-corrected chi connectivity index (χ2v) is 6.18. The minimum Gasteiger partial charge on any atom is -0.330 e. The van der Waals surface area contributed by atoms with E-state index in [0.717, 1.165) is 37.8 Å². The molecule has 0 heterocycles. The number of ketones is 1. The van der Waals surface area contributed by atoms with Crippen LogP contribution in [-0.2, 0) is 11.2 Å². The highest BCUT2D eigenvalue weighted by Gasteiger charge is 2.25. The molecule has 1 aliphatic rings. The Hall–Kier alpha value is -0.570. The van der Waals surface area contributed by atoms with Gasteiger partial charge < -0.3 is 5.73 Å². The third-order valence-electron chi connectivity index (χ3n) is 4.01. The average Bonchev–Trinajstić information content (AvgIpc) is 2.43. The molecule has 2 rings (SSSR count). The molecule has 2 N–H and O–H groups in total. The lowest BCUT2D eigenvalue weighted by atomic mass is 9.79. The van der Waals surface area contributed by atoms with E-state index in [1.54, 1.807) is 18.2 Å². The van der Waals surface area contributed by atoms with Gasteiger partial charge in [-0.05, 0) is 61.9 Å². The van der Waals surface area contributed by atoms with Crippen molar-refractivity contribution in [2.45, 2.75) is 32.1 Å². The SMILES string of the molecule is NCC1CCC(C(=O)Cc2cc(Cl)ccc2Cl)CC1. The summed E-state index contributed by atoms with van der Waals surface area (Å²) < 4.78 is 0. The van der Waals surface area contributed by atoms with E-state index in [-0.39, 0.29) is 11.7 Å². The zero-order chi connectivity index (χ0) is 13.8. The lowest BCUT2D eigenvalue weighted by Crippen LogP contribution is -2.26. The summed E-state index contributed by atoms with van der Waals surface area (Å²) in [6, 6.07) is 5.27. The Labute approximate surface area is 124 Å². The number of rotatable bonds is 4. The molecule has 0 bridgehead atoms. The van der Waals surface area contributed by atoms with Gasteiger partial charge in [0.25, 0.3) is 0 Å². The molecule has 0 radical (unpaired) electrons. The smallest absolute Gasteiger partial charge is 0.140 e. The summed E-state index contributed by atoms with van der Waals surface area (Å²) in [4.78, 5) is 12.3. The van der Waals surface area contributed by atoms with Crippen LogP contribution in [0.4, 0.5) is 0 Å². The third kappa shape index (κ3) is 3.95. The number of carbonyl (C=O) groups excluding carboxylic acids is 1. The van der Waals surface area contributed by atoms with Crippen molar-refractivity contribution in [1.29, 1.82) is 0 Å². The topological polar surface area (TPSA) is 43.1 Å². The van der Waals surface area contributed by atoms with Crippen molar-refractivity contribution >= 4 is 29.0 Å². The number of benzene rings is 1. The Balaban J connectivity index is 1.96. The maximum absolute atomic E-state index is 12.3. The van der Waals surface area contributed by atoms with Gasteiger partial charge >= 0.3 is 0 Å². The fourth-order valence-electron chi connectivity index (χ4n) is 2.73. The minimum atomic E-state index is 0.165. The molecule has 1 aromatic rings. The van der Waals surface area contributed by atoms with Crippen molar-refractivity contribution < 1.29 is 4.79 Å². The predicted octanol–water partition coefficient (Wildman–Crippen LogP) is 3.87. The number of hydrogen-bond donors (Lipinski definition) is 1. The second kappa shape index (κ2) is 6.74. The number of nitrogens with two attached hydrogens (primary N) is 1. The van der Waals surface area contributed by atoms with E-state index in [1.807, 2.05) is 0 Å². The average molecular weight is 300 g/mol. The maximum Gasteiger partial charge on any atom is 0.140 e. The summed E-state index contributed by atoms with van der Waals surface area (Å²) in [5, 5.41) is 1.24. The van der Waals surface area contributed by atoms with Crippen LogP contribution in [0.2, 0.25) is 10.0 Å². The van der Waals surface area contributed by atoms with Gasteiger partial charge in [0, 0.05) is 22.4 Å². The summed E-state index contributed by atoms with van der Waals surface area (Å²) in [6.45, 7) is 0.737. The Morgan fingerprint density at radius 3 is 2.53 bits per heavy atom. The van der Waals surface area contributed by atoms with Gasteiger partial charge in [-0.25, -0.2) is 0 Å². The van der Waals surface area contributed by atoms with Gasteiger partial charge in [-0.15, -0.1) is 0 Å². The lowest BCUT2D eigenvalue weighted by molar-refractivity contribution is -0.123. The molecule has 0 unspecified atom stereocenters. The molecule has 2 nitrogen and oxygen atoms in total. The summed E-state index contributed by atoms with van der Waals surface area (Å²) in [6.07, 6.45) is 4.43. The van der Waals surface area contributed by atoms with E-state index in [1.165, 1.54) is 0 Å². The first-order chi connectivity index (χ1) is 9.10. The molecule has 19 heavy (non-hydrogen) atoms. The molecule has 0 aliphatic heterocycles. The lowest BCUT2D eigenvalue weighted by Gasteiger charge is -2.26. The minimum absolute atomic E-state index is 0.165. The molecule has 1 aliphatic carbocycles. The monoisotopic (exact) mass is 299 g/mol. The molecule has 1 aromatic carbocycles. The van der Waals surface area contributed by atoms with Gasteiger partial charge in [0.15, 0.2) is 0 Å². The summed E-state index contributed by atoms with van der Waals surface area (Å²) >= 11 is 12.0. The number of Topliss-reactive ketones (excluding diaryl/α,β-unsaturated/α-hetero) is 1. The molecule has 0 aromatic heterocycles. The normalized spacial score (nSPS) is 23.3. The van der Waals surface area contributed by atoms with Crippen molar-refractivity contribution in [2.75, 3.05) is 6.54 Å². The van der Waals surface area contributed by atoms with E-state index in [0.29, 0.717) is 22.4 Å². The van der Waals surface area contributed by atoms with Gasteiger partial charge in [-0.2, -0.15) is 0 Å². The molecular formula is C15H19Cl2NO. The van der Waals surface area contributed by atoms with E-state index in [4.69, 9.17) is 28.9 Å². The molecule has 0 atom stereocenters. The molecular weight excluding hydrogens is 281 g/mol. The number of halogens is 2. The molecule has 0 amide bonds. The predicted molar refractivity (Wildman–Crippen MR) is 79.7 cm³/mol. The zero-order valence-electron chi connectivity index (χ0n) is 10.9. The zero-order valence-corrected chi connectivity index (χ0v) is 12.4.